The number of carboxylic acid groups (broad SMARTS) is 1. The van der Waals surface area contributed by atoms with E-state index in [4.69, 9.17) is 5.11 Å². The van der Waals surface area contributed by atoms with Gasteiger partial charge in [0.1, 0.15) is 5.82 Å². The minimum Gasteiger partial charge on any atom is -0.478 e. The van der Waals surface area contributed by atoms with E-state index in [1.54, 1.807) is 18.5 Å². The molecule has 5 heteroatoms. The van der Waals surface area contributed by atoms with Crippen molar-refractivity contribution in [2.24, 2.45) is 0 Å². The lowest BCUT2D eigenvalue weighted by Crippen LogP contribution is -2.04. The summed E-state index contributed by atoms with van der Waals surface area (Å²) in [6.07, 6.45) is 4.08. The molecule has 0 saturated heterocycles. The molecule has 19 heavy (non-hydrogen) atoms. The minimum atomic E-state index is -0.956. The van der Waals surface area contributed by atoms with Gasteiger partial charge in [-0.2, -0.15) is 0 Å². The molecule has 0 unspecified atom stereocenters. The molecular formula is C14H15N3O2. The molecule has 0 amide bonds. The van der Waals surface area contributed by atoms with Crippen LogP contribution in [0.15, 0.2) is 30.6 Å². The van der Waals surface area contributed by atoms with Crippen molar-refractivity contribution in [2.75, 3.05) is 5.32 Å². The van der Waals surface area contributed by atoms with Crippen molar-refractivity contribution in [3.05, 3.63) is 47.4 Å². The van der Waals surface area contributed by atoms with Crippen molar-refractivity contribution in [3.8, 4) is 0 Å². The van der Waals surface area contributed by atoms with E-state index >= 15 is 0 Å². The fraction of sp³-hybridized carbons (Fsp3) is 0.214. The number of rotatable bonds is 4. The van der Waals surface area contributed by atoms with Crippen LogP contribution in [0.3, 0.4) is 0 Å². The number of hydrogen-bond acceptors (Lipinski definition) is 4. The van der Waals surface area contributed by atoms with Gasteiger partial charge >= 0.3 is 5.97 Å². The number of carbonyl (C=O) groups is 1. The van der Waals surface area contributed by atoms with Crippen LogP contribution in [0.1, 0.15) is 28.5 Å². The first kappa shape index (κ1) is 13.0. The van der Waals surface area contributed by atoms with E-state index in [2.05, 4.69) is 15.3 Å². The Balaban J connectivity index is 2.37. The molecule has 2 aromatic heterocycles. The topological polar surface area (TPSA) is 75.1 Å². The van der Waals surface area contributed by atoms with Crippen LogP contribution in [0.2, 0.25) is 0 Å². The van der Waals surface area contributed by atoms with Crippen LogP contribution in [0, 0.1) is 6.92 Å². The summed E-state index contributed by atoms with van der Waals surface area (Å²) >= 11 is 0. The fourth-order valence-corrected chi connectivity index (χ4v) is 1.69. The number of nitrogens with zero attached hydrogens (tertiary/aromatic N) is 2. The van der Waals surface area contributed by atoms with Crippen LogP contribution in [0.5, 0.6) is 0 Å². The Morgan fingerprint density at radius 3 is 2.84 bits per heavy atom. The summed E-state index contributed by atoms with van der Waals surface area (Å²) in [6.45, 7) is 3.89. The zero-order chi connectivity index (χ0) is 13.8. The van der Waals surface area contributed by atoms with Gasteiger partial charge in [0, 0.05) is 11.9 Å². The number of hydrogen-bond donors (Lipinski definition) is 2. The van der Waals surface area contributed by atoms with Gasteiger partial charge in [-0.15, -0.1) is 0 Å². The highest BCUT2D eigenvalue weighted by Gasteiger charge is 2.08. The summed E-state index contributed by atoms with van der Waals surface area (Å²) in [5.74, 6) is -0.434. The van der Waals surface area contributed by atoms with E-state index in [1.807, 2.05) is 19.9 Å². The Labute approximate surface area is 111 Å². The second-order valence-electron chi connectivity index (χ2n) is 4.21. The van der Waals surface area contributed by atoms with Crippen molar-refractivity contribution in [1.82, 2.24) is 9.97 Å². The molecule has 5 nitrogen and oxygen atoms in total. The monoisotopic (exact) mass is 257 g/mol. The molecule has 98 valence electrons. The molecule has 0 aliphatic carbocycles. The van der Waals surface area contributed by atoms with Gasteiger partial charge in [0.15, 0.2) is 0 Å². The van der Waals surface area contributed by atoms with Gasteiger partial charge in [-0.1, -0.05) is 6.92 Å². The van der Waals surface area contributed by atoms with Gasteiger partial charge in [0.25, 0.3) is 0 Å². The maximum absolute atomic E-state index is 11.1. The van der Waals surface area contributed by atoms with Crippen LogP contribution in [-0.4, -0.2) is 21.0 Å². The van der Waals surface area contributed by atoms with Crippen LogP contribution in [0.4, 0.5) is 11.5 Å². The smallest absolute Gasteiger partial charge is 0.335 e. The molecule has 0 fully saturated rings. The maximum Gasteiger partial charge on any atom is 0.335 e. The number of pyridine rings is 2. The molecule has 0 radical (unpaired) electrons. The van der Waals surface area contributed by atoms with Crippen molar-refractivity contribution in [1.29, 1.82) is 0 Å². The average Bonchev–Trinajstić information content (AvgIpc) is 2.41. The Bertz CT molecular complexity index is 611. The standard InChI is InChI=1S/C14H15N3O2/c1-3-11-6-10(14(18)19)7-13(16-11)17-12-8-15-5-4-9(12)2/h4-8H,3H2,1-2H3,(H,16,17)(H,18,19). The first-order valence-corrected chi connectivity index (χ1v) is 6.02. The zero-order valence-electron chi connectivity index (χ0n) is 10.8. The number of aromatic nitrogens is 2. The van der Waals surface area contributed by atoms with Crippen molar-refractivity contribution in [3.63, 3.8) is 0 Å². The van der Waals surface area contributed by atoms with Crippen LogP contribution in [0.25, 0.3) is 0 Å². The third kappa shape index (κ3) is 3.07. The van der Waals surface area contributed by atoms with E-state index in [1.165, 1.54) is 6.07 Å². The normalized spacial score (nSPS) is 10.2. The molecule has 0 atom stereocenters. The van der Waals surface area contributed by atoms with Gasteiger partial charge in [0.2, 0.25) is 0 Å². The Morgan fingerprint density at radius 2 is 2.21 bits per heavy atom. The summed E-state index contributed by atoms with van der Waals surface area (Å²) in [4.78, 5) is 19.5. The largest absolute Gasteiger partial charge is 0.478 e. The molecule has 2 rings (SSSR count). The highest BCUT2D eigenvalue weighted by Crippen LogP contribution is 2.19. The zero-order valence-corrected chi connectivity index (χ0v) is 10.8. The predicted octanol–water partition coefficient (Wildman–Crippen LogP) is 2.79. The molecule has 2 heterocycles. The lowest BCUT2D eigenvalue weighted by atomic mass is 10.2. The fourth-order valence-electron chi connectivity index (χ4n) is 1.69. The maximum atomic E-state index is 11.1. The highest BCUT2D eigenvalue weighted by molar-refractivity contribution is 5.88. The van der Waals surface area contributed by atoms with E-state index in [0.717, 1.165) is 16.9 Å². The summed E-state index contributed by atoms with van der Waals surface area (Å²) in [5, 5.41) is 12.2. The Morgan fingerprint density at radius 1 is 1.42 bits per heavy atom. The molecule has 0 aromatic carbocycles. The summed E-state index contributed by atoms with van der Waals surface area (Å²) < 4.78 is 0. The highest BCUT2D eigenvalue weighted by atomic mass is 16.4. The van der Waals surface area contributed by atoms with Gasteiger partial charge in [-0.25, -0.2) is 9.78 Å². The third-order valence-corrected chi connectivity index (χ3v) is 2.79. The van der Waals surface area contributed by atoms with Gasteiger partial charge in [-0.3, -0.25) is 4.98 Å². The predicted molar refractivity (Wildman–Crippen MR) is 72.8 cm³/mol. The number of aryl methyl sites for hydroxylation is 2. The number of carboxylic acids is 1. The second-order valence-corrected chi connectivity index (χ2v) is 4.21. The molecule has 0 spiro atoms. The Hall–Kier alpha value is -2.43. The van der Waals surface area contributed by atoms with Gasteiger partial charge < -0.3 is 10.4 Å². The quantitative estimate of drug-likeness (QED) is 0.880. The molecule has 0 saturated carbocycles. The number of anilines is 2. The van der Waals surface area contributed by atoms with Crippen molar-refractivity contribution >= 4 is 17.5 Å². The summed E-state index contributed by atoms with van der Waals surface area (Å²) in [6, 6.07) is 4.99. The molecular weight excluding hydrogens is 242 g/mol. The molecule has 2 aromatic rings. The van der Waals surface area contributed by atoms with E-state index in [-0.39, 0.29) is 5.56 Å². The van der Waals surface area contributed by atoms with Crippen molar-refractivity contribution < 1.29 is 9.90 Å². The molecule has 0 aliphatic rings. The van der Waals surface area contributed by atoms with E-state index < -0.39 is 5.97 Å². The number of aromatic carboxylic acids is 1. The molecule has 0 bridgehead atoms. The number of nitrogens with one attached hydrogen (secondary N) is 1. The van der Waals surface area contributed by atoms with Gasteiger partial charge in [0.05, 0.1) is 17.4 Å². The van der Waals surface area contributed by atoms with E-state index in [0.29, 0.717) is 12.2 Å². The minimum absolute atomic E-state index is 0.232. The Kier molecular flexibility index (Phi) is 3.75. The van der Waals surface area contributed by atoms with Crippen LogP contribution >= 0.6 is 0 Å². The van der Waals surface area contributed by atoms with Gasteiger partial charge in [-0.05, 0) is 37.1 Å². The molecule has 0 aliphatic heterocycles. The lowest BCUT2D eigenvalue weighted by molar-refractivity contribution is 0.0696. The summed E-state index contributed by atoms with van der Waals surface area (Å²) in [5.41, 5.74) is 2.81. The molecule has 2 N–H and O–H groups in total. The average molecular weight is 257 g/mol. The lowest BCUT2D eigenvalue weighted by Gasteiger charge is -2.10. The SMILES string of the molecule is CCc1cc(C(=O)O)cc(Nc2cnccc2C)n1. The van der Waals surface area contributed by atoms with Crippen LogP contribution in [-0.2, 0) is 6.42 Å². The summed E-state index contributed by atoms with van der Waals surface area (Å²) in [7, 11) is 0. The second kappa shape index (κ2) is 5.48. The third-order valence-electron chi connectivity index (χ3n) is 2.79. The van der Waals surface area contributed by atoms with E-state index in [9.17, 15) is 4.79 Å². The first-order valence-electron chi connectivity index (χ1n) is 6.02. The first-order chi connectivity index (χ1) is 9.10. The van der Waals surface area contributed by atoms with Crippen molar-refractivity contribution in [2.45, 2.75) is 20.3 Å². The van der Waals surface area contributed by atoms with Crippen LogP contribution < -0.4 is 5.32 Å².